The number of H-pyrrole nitrogens is 1. The van der Waals surface area contributed by atoms with Crippen LogP contribution in [0.2, 0.25) is 0 Å². The first kappa shape index (κ1) is 8.18. The van der Waals surface area contributed by atoms with Gasteiger partial charge in [0.05, 0.1) is 10.5 Å². The minimum absolute atomic E-state index is 0.00204. The highest BCUT2D eigenvalue weighted by atomic mass is 16.6. The van der Waals surface area contributed by atoms with E-state index < -0.39 is 10.5 Å². The van der Waals surface area contributed by atoms with Gasteiger partial charge in [0.2, 0.25) is 0 Å². The Balaban J connectivity index is 2.39. The molecule has 0 bridgehead atoms. The monoisotopic (exact) mass is 182 g/mol. The number of nitrogens with one attached hydrogen (secondary N) is 1. The summed E-state index contributed by atoms with van der Waals surface area (Å²) in [5.74, 6) is 0. The predicted octanol–water partition coefficient (Wildman–Crippen LogP) is 0.656. The number of nitro groups is 1. The summed E-state index contributed by atoms with van der Waals surface area (Å²) < 4.78 is 0. The fourth-order valence-corrected chi connectivity index (χ4v) is 1.59. The Morgan fingerprint density at radius 3 is 2.85 bits per heavy atom. The fourth-order valence-electron chi connectivity index (χ4n) is 1.59. The first-order valence-corrected chi connectivity index (χ1v) is 4.11. The van der Waals surface area contributed by atoms with E-state index in [-0.39, 0.29) is 5.69 Å². The number of aromatic nitrogens is 2. The Bertz CT molecular complexity index is 342. The van der Waals surface area contributed by atoms with E-state index in [1.165, 1.54) is 6.20 Å². The van der Waals surface area contributed by atoms with E-state index in [9.17, 15) is 10.1 Å². The highest BCUT2D eigenvalue weighted by molar-refractivity contribution is 5.38. The van der Waals surface area contributed by atoms with Gasteiger partial charge in [0.25, 0.3) is 0 Å². The third kappa shape index (κ3) is 1.10. The van der Waals surface area contributed by atoms with Crippen LogP contribution in [0.4, 0.5) is 5.69 Å². The summed E-state index contributed by atoms with van der Waals surface area (Å²) in [5.41, 5.74) is 5.85. The van der Waals surface area contributed by atoms with Crippen LogP contribution in [0.1, 0.15) is 25.0 Å². The summed E-state index contributed by atoms with van der Waals surface area (Å²) >= 11 is 0. The van der Waals surface area contributed by atoms with E-state index in [1.54, 1.807) is 0 Å². The molecule has 1 fully saturated rings. The lowest BCUT2D eigenvalue weighted by Gasteiger charge is -2.36. The fraction of sp³-hybridized carbons (Fsp3) is 0.571. The summed E-state index contributed by atoms with van der Waals surface area (Å²) in [6.45, 7) is 0. The summed E-state index contributed by atoms with van der Waals surface area (Å²) in [4.78, 5) is 10.1. The molecule has 6 nitrogen and oxygen atoms in total. The van der Waals surface area contributed by atoms with E-state index in [0.717, 1.165) is 19.3 Å². The number of nitrogens with zero attached hydrogens (tertiary/aromatic N) is 2. The number of hydrogen-bond acceptors (Lipinski definition) is 4. The van der Waals surface area contributed by atoms with Gasteiger partial charge < -0.3 is 5.73 Å². The molecule has 1 aromatic rings. The second-order valence-corrected chi connectivity index (χ2v) is 3.40. The van der Waals surface area contributed by atoms with Crippen molar-refractivity contribution >= 4 is 5.69 Å². The van der Waals surface area contributed by atoms with Crippen molar-refractivity contribution in [1.82, 2.24) is 10.2 Å². The molecule has 0 atom stereocenters. The molecular weight excluding hydrogens is 172 g/mol. The maximum atomic E-state index is 10.6. The van der Waals surface area contributed by atoms with Crippen molar-refractivity contribution in [1.29, 1.82) is 0 Å². The Labute approximate surface area is 74.3 Å². The number of nitrogens with two attached hydrogens (primary N) is 1. The van der Waals surface area contributed by atoms with Gasteiger partial charge in [-0.05, 0) is 19.3 Å². The lowest BCUT2D eigenvalue weighted by molar-refractivity contribution is -0.386. The maximum Gasteiger partial charge on any atom is 0.311 e. The van der Waals surface area contributed by atoms with Crippen LogP contribution in [0.5, 0.6) is 0 Å². The van der Waals surface area contributed by atoms with Gasteiger partial charge in [-0.3, -0.25) is 15.2 Å². The zero-order valence-electron chi connectivity index (χ0n) is 6.99. The Morgan fingerprint density at radius 1 is 1.69 bits per heavy atom. The summed E-state index contributed by atoms with van der Waals surface area (Å²) in [6, 6.07) is 0. The largest absolute Gasteiger partial charge is 0.320 e. The van der Waals surface area contributed by atoms with Gasteiger partial charge in [-0.15, -0.1) is 0 Å². The molecule has 0 radical (unpaired) electrons. The van der Waals surface area contributed by atoms with Crippen LogP contribution >= 0.6 is 0 Å². The van der Waals surface area contributed by atoms with Crippen LogP contribution in [-0.4, -0.2) is 15.1 Å². The quantitative estimate of drug-likeness (QED) is 0.518. The molecule has 0 aromatic carbocycles. The van der Waals surface area contributed by atoms with E-state index in [0.29, 0.717) is 5.69 Å². The smallest absolute Gasteiger partial charge is 0.311 e. The number of rotatable bonds is 2. The van der Waals surface area contributed by atoms with Crippen molar-refractivity contribution in [3.05, 3.63) is 22.0 Å². The molecule has 0 spiro atoms. The Morgan fingerprint density at radius 2 is 2.38 bits per heavy atom. The summed E-state index contributed by atoms with van der Waals surface area (Å²) in [5, 5.41) is 16.8. The van der Waals surface area contributed by atoms with Crippen molar-refractivity contribution in [2.24, 2.45) is 5.73 Å². The Kier molecular flexibility index (Phi) is 1.59. The Hall–Kier alpha value is -1.43. The lowest BCUT2D eigenvalue weighted by atomic mass is 9.75. The third-order valence-corrected chi connectivity index (χ3v) is 2.56. The molecule has 6 heteroatoms. The number of aromatic amines is 1. The topological polar surface area (TPSA) is 97.8 Å². The highest BCUT2D eigenvalue weighted by Gasteiger charge is 2.41. The maximum absolute atomic E-state index is 10.6. The molecule has 1 aromatic heterocycles. The minimum Gasteiger partial charge on any atom is -0.320 e. The number of hydrogen-bond donors (Lipinski definition) is 2. The zero-order chi connectivity index (χ0) is 9.47. The SMILES string of the molecule is NC1(c2[nH]ncc2[N+](=O)[O-])CCC1. The van der Waals surface area contributed by atoms with E-state index in [4.69, 9.17) is 5.73 Å². The van der Waals surface area contributed by atoms with Crippen LogP contribution < -0.4 is 5.73 Å². The molecule has 1 aliphatic rings. The first-order chi connectivity index (χ1) is 6.13. The highest BCUT2D eigenvalue weighted by Crippen LogP contribution is 2.41. The van der Waals surface area contributed by atoms with E-state index in [2.05, 4.69) is 10.2 Å². The van der Waals surface area contributed by atoms with Gasteiger partial charge in [0.15, 0.2) is 0 Å². The average molecular weight is 182 g/mol. The van der Waals surface area contributed by atoms with Crippen molar-refractivity contribution in [3.8, 4) is 0 Å². The van der Waals surface area contributed by atoms with Gasteiger partial charge in [0, 0.05) is 0 Å². The average Bonchev–Trinajstić information content (AvgIpc) is 2.47. The van der Waals surface area contributed by atoms with Gasteiger partial charge in [-0.2, -0.15) is 5.10 Å². The molecule has 0 amide bonds. The van der Waals surface area contributed by atoms with Crippen LogP contribution in [0.3, 0.4) is 0 Å². The molecule has 13 heavy (non-hydrogen) atoms. The molecule has 2 rings (SSSR count). The molecule has 70 valence electrons. The summed E-state index contributed by atoms with van der Waals surface area (Å²) in [6.07, 6.45) is 3.81. The zero-order valence-corrected chi connectivity index (χ0v) is 6.99. The normalized spacial score (nSPS) is 19.5. The first-order valence-electron chi connectivity index (χ1n) is 4.11. The van der Waals surface area contributed by atoms with Crippen LogP contribution in [0.25, 0.3) is 0 Å². The van der Waals surface area contributed by atoms with E-state index >= 15 is 0 Å². The van der Waals surface area contributed by atoms with Crippen molar-refractivity contribution in [2.75, 3.05) is 0 Å². The molecule has 1 aliphatic carbocycles. The van der Waals surface area contributed by atoms with Gasteiger partial charge in [-0.1, -0.05) is 0 Å². The van der Waals surface area contributed by atoms with E-state index in [1.807, 2.05) is 0 Å². The van der Waals surface area contributed by atoms with Crippen LogP contribution in [0.15, 0.2) is 6.20 Å². The molecule has 1 heterocycles. The van der Waals surface area contributed by atoms with Crippen LogP contribution in [0, 0.1) is 10.1 Å². The van der Waals surface area contributed by atoms with Crippen molar-refractivity contribution in [2.45, 2.75) is 24.8 Å². The van der Waals surface area contributed by atoms with Crippen molar-refractivity contribution < 1.29 is 4.92 Å². The lowest BCUT2D eigenvalue weighted by Crippen LogP contribution is -2.44. The summed E-state index contributed by atoms with van der Waals surface area (Å²) in [7, 11) is 0. The second-order valence-electron chi connectivity index (χ2n) is 3.40. The molecule has 0 unspecified atom stereocenters. The molecule has 1 saturated carbocycles. The molecule has 0 saturated heterocycles. The molecule has 0 aliphatic heterocycles. The van der Waals surface area contributed by atoms with Gasteiger partial charge >= 0.3 is 5.69 Å². The van der Waals surface area contributed by atoms with Gasteiger partial charge in [0.1, 0.15) is 11.9 Å². The third-order valence-electron chi connectivity index (χ3n) is 2.56. The molecular formula is C7H10N4O2. The second kappa shape index (κ2) is 2.53. The van der Waals surface area contributed by atoms with Gasteiger partial charge in [-0.25, -0.2) is 0 Å². The van der Waals surface area contributed by atoms with Crippen molar-refractivity contribution in [3.63, 3.8) is 0 Å². The standard InChI is InChI=1S/C7H10N4O2/c8-7(2-1-3-7)6-5(11(12)13)4-9-10-6/h4H,1-3,8H2,(H,9,10). The minimum atomic E-state index is -0.543. The molecule has 3 N–H and O–H groups in total. The van der Waals surface area contributed by atoms with Crippen LogP contribution in [-0.2, 0) is 5.54 Å². The predicted molar refractivity (Wildman–Crippen MR) is 45.0 cm³/mol.